The Hall–Kier alpha value is -3.52. The monoisotopic (exact) mass is 463 g/mol. The Labute approximate surface area is 200 Å². The van der Waals surface area contributed by atoms with Crippen molar-refractivity contribution >= 4 is 17.3 Å². The molecule has 1 aromatic heterocycles. The summed E-state index contributed by atoms with van der Waals surface area (Å²) in [5, 5.41) is 10.2. The third kappa shape index (κ3) is 5.51. The minimum absolute atomic E-state index is 0.149. The van der Waals surface area contributed by atoms with Crippen LogP contribution in [0.4, 0.5) is 11.4 Å². The molecule has 8 nitrogen and oxygen atoms in total. The first-order chi connectivity index (χ1) is 16.5. The number of piperazine rings is 1. The number of anilines is 2. The highest BCUT2D eigenvalue weighted by molar-refractivity contribution is 6.04. The molecule has 1 saturated heterocycles. The van der Waals surface area contributed by atoms with E-state index in [1.807, 2.05) is 42.5 Å². The molecule has 8 heteroatoms. The number of methoxy groups -OCH3 is 2. The predicted octanol–water partition coefficient (Wildman–Crippen LogP) is 3.60. The van der Waals surface area contributed by atoms with E-state index >= 15 is 0 Å². The molecular formula is C26H33N5O3. The molecule has 4 rings (SSSR count). The minimum Gasteiger partial charge on any atom is -0.497 e. The third-order valence-corrected chi connectivity index (χ3v) is 6.48. The second-order valence-corrected chi connectivity index (χ2v) is 8.74. The number of ether oxygens (including phenoxy) is 2. The van der Waals surface area contributed by atoms with Crippen molar-refractivity contribution in [2.75, 3.05) is 51.1 Å². The van der Waals surface area contributed by atoms with Crippen LogP contribution in [0.5, 0.6) is 11.5 Å². The van der Waals surface area contributed by atoms with Crippen LogP contribution in [0.1, 0.15) is 28.5 Å². The van der Waals surface area contributed by atoms with Crippen LogP contribution < -0.4 is 19.7 Å². The topological polar surface area (TPSA) is 82.7 Å². The fourth-order valence-corrected chi connectivity index (χ4v) is 4.19. The molecule has 0 radical (unpaired) electrons. The lowest BCUT2D eigenvalue weighted by atomic mass is 10.1. The molecular weight excluding hydrogens is 430 g/mol. The molecule has 180 valence electrons. The van der Waals surface area contributed by atoms with Gasteiger partial charge in [-0.2, -0.15) is 5.10 Å². The first kappa shape index (κ1) is 23.6. The molecule has 34 heavy (non-hydrogen) atoms. The van der Waals surface area contributed by atoms with E-state index in [4.69, 9.17) is 9.47 Å². The summed E-state index contributed by atoms with van der Waals surface area (Å²) in [6.07, 6.45) is 3.12. The third-order valence-electron chi connectivity index (χ3n) is 6.48. The quantitative estimate of drug-likeness (QED) is 0.531. The van der Waals surface area contributed by atoms with E-state index < -0.39 is 0 Å². The maximum absolute atomic E-state index is 12.9. The van der Waals surface area contributed by atoms with Gasteiger partial charge in [-0.15, -0.1) is 0 Å². The molecule has 1 fully saturated rings. The van der Waals surface area contributed by atoms with Crippen molar-refractivity contribution in [3.8, 4) is 11.5 Å². The predicted molar refractivity (Wildman–Crippen MR) is 134 cm³/mol. The Bertz CT molecular complexity index is 1090. The van der Waals surface area contributed by atoms with Gasteiger partial charge >= 0.3 is 0 Å². The first-order valence-corrected chi connectivity index (χ1v) is 11.6. The molecule has 0 spiro atoms. The number of H-pyrrole nitrogens is 1. The van der Waals surface area contributed by atoms with Crippen molar-refractivity contribution < 1.29 is 14.3 Å². The number of carbonyl (C=O) groups excluding carboxylic acids is 1. The van der Waals surface area contributed by atoms with Crippen molar-refractivity contribution in [2.24, 2.45) is 0 Å². The van der Waals surface area contributed by atoms with Crippen molar-refractivity contribution in [2.45, 2.75) is 25.8 Å². The average molecular weight is 464 g/mol. The summed E-state index contributed by atoms with van der Waals surface area (Å²) < 4.78 is 10.7. The van der Waals surface area contributed by atoms with E-state index in [2.05, 4.69) is 39.3 Å². The van der Waals surface area contributed by atoms with Crippen molar-refractivity contribution in [1.82, 2.24) is 15.1 Å². The highest BCUT2D eigenvalue weighted by atomic mass is 16.5. The molecule has 0 bridgehead atoms. The van der Waals surface area contributed by atoms with Crippen LogP contribution in [-0.2, 0) is 12.8 Å². The number of likely N-dealkylation sites (N-methyl/N-ethyl adjacent to an activating group) is 1. The van der Waals surface area contributed by atoms with Crippen molar-refractivity contribution in [1.29, 1.82) is 0 Å². The van der Waals surface area contributed by atoms with Gasteiger partial charge in [0.1, 0.15) is 11.5 Å². The molecule has 0 saturated carbocycles. The number of rotatable bonds is 8. The molecule has 0 unspecified atom stereocenters. The highest BCUT2D eigenvalue weighted by Crippen LogP contribution is 2.25. The lowest BCUT2D eigenvalue weighted by molar-refractivity contribution is 0.102. The number of hydrogen-bond donors (Lipinski definition) is 2. The second kappa shape index (κ2) is 10.6. The van der Waals surface area contributed by atoms with Gasteiger partial charge in [0, 0.05) is 49.2 Å². The Morgan fingerprint density at radius 3 is 2.44 bits per heavy atom. The number of aromatic nitrogens is 2. The summed E-state index contributed by atoms with van der Waals surface area (Å²) in [6, 6.07) is 14.1. The largest absolute Gasteiger partial charge is 0.497 e. The molecule has 1 atom stereocenters. The molecule has 2 N–H and O–H groups in total. The number of aryl methyl sites for hydroxylation is 2. The zero-order chi connectivity index (χ0) is 24.1. The Morgan fingerprint density at radius 2 is 1.79 bits per heavy atom. The van der Waals surface area contributed by atoms with E-state index in [1.165, 1.54) is 0 Å². The van der Waals surface area contributed by atoms with Gasteiger partial charge in [0.05, 0.1) is 25.6 Å². The number of carbonyl (C=O) groups is 1. The van der Waals surface area contributed by atoms with Gasteiger partial charge < -0.3 is 24.6 Å². The normalized spacial score (nSPS) is 16.4. The van der Waals surface area contributed by atoms with Crippen LogP contribution in [-0.4, -0.2) is 67.9 Å². The number of aromatic amines is 1. The molecule has 2 aromatic carbocycles. The molecule has 2 heterocycles. The van der Waals surface area contributed by atoms with E-state index in [0.29, 0.717) is 23.7 Å². The van der Waals surface area contributed by atoms with Crippen LogP contribution in [0, 0.1) is 0 Å². The van der Waals surface area contributed by atoms with Crippen LogP contribution in [0.25, 0.3) is 0 Å². The second-order valence-electron chi connectivity index (χ2n) is 8.74. The maximum Gasteiger partial charge on any atom is 0.255 e. The number of hydrogen-bond acceptors (Lipinski definition) is 6. The summed E-state index contributed by atoms with van der Waals surface area (Å²) in [6.45, 7) is 5.25. The highest BCUT2D eigenvalue weighted by Gasteiger charge is 2.21. The van der Waals surface area contributed by atoms with Crippen LogP contribution >= 0.6 is 0 Å². The zero-order valence-electron chi connectivity index (χ0n) is 20.3. The molecule has 3 aromatic rings. The first-order valence-electron chi connectivity index (χ1n) is 11.6. The lowest BCUT2D eigenvalue weighted by Crippen LogP contribution is -2.50. The van der Waals surface area contributed by atoms with E-state index in [1.54, 1.807) is 20.4 Å². The van der Waals surface area contributed by atoms with Gasteiger partial charge in [0.25, 0.3) is 5.91 Å². The smallest absolute Gasteiger partial charge is 0.255 e. The standard InChI is InChI=1S/C26H33N5O3/c1-18-17-31(12-11-30(18)2)21-8-6-20(7-9-21)26(32)28-25-16-27-29-24(25)10-5-19-13-22(33-3)15-23(14-19)34-4/h6-9,13-16,18H,5,10-12,17H2,1-4H3,(H,27,29)(H,28,32)/t18-/m1/s1. The Balaban J connectivity index is 1.38. The summed E-state index contributed by atoms with van der Waals surface area (Å²) in [7, 11) is 5.43. The molecule has 1 amide bonds. The van der Waals surface area contributed by atoms with Gasteiger partial charge in [-0.25, -0.2) is 0 Å². The van der Waals surface area contributed by atoms with E-state index in [0.717, 1.165) is 54.5 Å². The van der Waals surface area contributed by atoms with Crippen LogP contribution in [0.2, 0.25) is 0 Å². The summed E-state index contributed by atoms with van der Waals surface area (Å²) in [5.74, 6) is 1.35. The van der Waals surface area contributed by atoms with Crippen LogP contribution in [0.3, 0.4) is 0 Å². The number of amides is 1. The summed E-state index contributed by atoms with van der Waals surface area (Å²) >= 11 is 0. The van der Waals surface area contributed by atoms with Crippen LogP contribution in [0.15, 0.2) is 48.7 Å². The molecule has 0 aliphatic carbocycles. The zero-order valence-corrected chi connectivity index (χ0v) is 20.3. The molecule has 1 aliphatic heterocycles. The Morgan fingerprint density at radius 1 is 1.09 bits per heavy atom. The fourth-order valence-electron chi connectivity index (χ4n) is 4.19. The van der Waals surface area contributed by atoms with Crippen molar-refractivity contribution in [3.05, 3.63) is 65.5 Å². The van der Waals surface area contributed by atoms with Gasteiger partial charge in [0.2, 0.25) is 0 Å². The SMILES string of the molecule is COc1cc(CCc2n[nH]cc2NC(=O)c2ccc(N3CCN(C)[C@H](C)C3)cc2)cc(OC)c1. The Kier molecular flexibility index (Phi) is 7.37. The van der Waals surface area contributed by atoms with E-state index in [-0.39, 0.29) is 5.91 Å². The number of nitrogens with zero attached hydrogens (tertiary/aromatic N) is 3. The lowest BCUT2D eigenvalue weighted by Gasteiger charge is -2.39. The number of nitrogens with one attached hydrogen (secondary N) is 2. The van der Waals surface area contributed by atoms with Gasteiger partial charge in [-0.05, 0) is 68.8 Å². The summed E-state index contributed by atoms with van der Waals surface area (Å²) in [5.41, 5.74) is 4.34. The maximum atomic E-state index is 12.9. The fraction of sp³-hybridized carbons (Fsp3) is 0.385. The summed E-state index contributed by atoms with van der Waals surface area (Å²) in [4.78, 5) is 17.6. The number of benzene rings is 2. The van der Waals surface area contributed by atoms with Gasteiger partial charge in [-0.1, -0.05) is 0 Å². The van der Waals surface area contributed by atoms with Crippen molar-refractivity contribution in [3.63, 3.8) is 0 Å². The molecule has 1 aliphatic rings. The van der Waals surface area contributed by atoms with Gasteiger partial charge in [0.15, 0.2) is 0 Å². The minimum atomic E-state index is -0.149. The van der Waals surface area contributed by atoms with Gasteiger partial charge in [-0.3, -0.25) is 9.89 Å². The van der Waals surface area contributed by atoms with E-state index in [9.17, 15) is 4.79 Å². The average Bonchev–Trinajstić information content (AvgIpc) is 3.31.